The Kier molecular flexibility index (Phi) is 2.14. The average molecular weight is 175 g/mol. The molecule has 1 aromatic rings. The minimum Gasteiger partial charge on any atom is -0.480 e. The van der Waals surface area contributed by atoms with E-state index in [1.807, 2.05) is 0 Å². The maximum absolute atomic E-state index is 10.4. The molecule has 0 bridgehead atoms. The van der Waals surface area contributed by atoms with Gasteiger partial charge in [0.1, 0.15) is 11.2 Å². The monoisotopic (exact) mass is 174 g/mol. The van der Waals surface area contributed by atoms with Gasteiger partial charge in [-0.1, -0.05) is 11.6 Å². The lowest BCUT2D eigenvalue weighted by atomic mass is 10.3. The van der Waals surface area contributed by atoms with Crippen LogP contribution in [-0.2, 0) is 4.79 Å². The molecule has 0 aliphatic rings. The molecule has 0 saturated heterocycles. The molecule has 11 heavy (non-hydrogen) atoms. The standard InChI is InChI=1S/C6H7ClN2O2/c1-4(6(10)11)9-3-8-2-5(9)7/h2-4H,1H3,(H,10,11). The molecule has 60 valence electrons. The number of aromatic nitrogens is 2. The van der Waals surface area contributed by atoms with Crippen molar-refractivity contribution in [1.82, 2.24) is 9.55 Å². The van der Waals surface area contributed by atoms with Crippen molar-refractivity contribution in [1.29, 1.82) is 0 Å². The smallest absolute Gasteiger partial charge is 0.326 e. The van der Waals surface area contributed by atoms with Crippen molar-refractivity contribution in [2.75, 3.05) is 0 Å². The van der Waals surface area contributed by atoms with Gasteiger partial charge in [-0.3, -0.25) is 0 Å². The maximum atomic E-state index is 10.4. The molecule has 1 N–H and O–H groups in total. The second-order valence-electron chi connectivity index (χ2n) is 2.14. The number of rotatable bonds is 2. The zero-order valence-electron chi connectivity index (χ0n) is 5.86. The largest absolute Gasteiger partial charge is 0.480 e. The van der Waals surface area contributed by atoms with Crippen LogP contribution in [0.15, 0.2) is 12.5 Å². The Bertz CT molecular complexity index is 271. The molecule has 0 spiro atoms. The zero-order chi connectivity index (χ0) is 8.43. The first kappa shape index (κ1) is 8.07. The molecule has 0 aromatic carbocycles. The summed E-state index contributed by atoms with van der Waals surface area (Å²) in [6.07, 6.45) is 2.79. The summed E-state index contributed by atoms with van der Waals surface area (Å²) >= 11 is 5.62. The molecule has 5 heteroatoms. The van der Waals surface area contributed by atoms with Gasteiger partial charge in [0.25, 0.3) is 0 Å². The molecule has 1 rings (SSSR count). The second-order valence-corrected chi connectivity index (χ2v) is 2.53. The fourth-order valence-corrected chi connectivity index (χ4v) is 0.939. The molecule has 0 radical (unpaired) electrons. The Morgan fingerprint density at radius 3 is 2.91 bits per heavy atom. The average Bonchev–Trinajstić information content (AvgIpc) is 2.33. The predicted molar refractivity (Wildman–Crippen MR) is 39.6 cm³/mol. The van der Waals surface area contributed by atoms with E-state index in [0.717, 1.165) is 0 Å². The van der Waals surface area contributed by atoms with Crippen LogP contribution in [0.3, 0.4) is 0 Å². The first-order valence-corrected chi connectivity index (χ1v) is 3.41. The lowest BCUT2D eigenvalue weighted by Crippen LogP contribution is -2.14. The first-order chi connectivity index (χ1) is 5.13. The molecular weight excluding hydrogens is 168 g/mol. The molecule has 0 aliphatic heterocycles. The van der Waals surface area contributed by atoms with Gasteiger partial charge in [-0.05, 0) is 6.92 Å². The van der Waals surface area contributed by atoms with Crippen LogP contribution >= 0.6 is 11.6 Å². The number of hydrogen-bond acceptors (Lipinski definition) is 2. The van der Waals surface area contributed by atoms with E-state index < -0.39 is 12.0 Å². The lowest BCUT2D eigenvalue weighted by molar-refractivity contribution is -0.140. The molecule has 0 amide bonds. The van der Waals surface area contributed by atoms with Crippen molar-refractivity contribution < 1.29 is 9.90 Å². The Labute approximate surface area is 68.4 Å². The van der Waals surface area contributed by atoms with Gasteiger partial charge in [-0.15, -0.1) is 0 Å². The zero-order valence-corrected chi connectivity index (χ0v) is 6.62. The summed E-state index contributed by atoms with van der Waals surface area (Å²) in [5, 5.41) is 8.90. The fraction of sp³-hybridized carbons (Fsp3) is 0.333. The van der Waals surface area contributed by atoms with E-state index in [1.54, 1.807) is 0 Å². The van der Waals surface area contributed by atoms with E-state index in [2.05, 4.69) is 4.98 Å². The van der Waals surface area contributed by atoms with Crippen molar-refractivity contribution in [3.8, 4) is 0 Å². The van der Waals surface area contributed by atoms with Gasteiger partial charge in [-0.2, -0.15) is 0 Å². The van der Waals surface area contributed by atoms with Gasteiger partial charge >= 0.3 is 5.97 Å². The van der Waals surface area contributed by atoms with E-state index in [9.17, 15) is 4.79 Å². The number of hydrogen-bond donors (Lipinski definition) is 1. The van der Waals surface area contributed by atoms with Gasteiger partial charge in [0.2, 0.25) is 0 Å². The highest BCUT2D eigenvalue weighted by atomic mass is 35.5. The van der Waals surface area contributed by atoms with Crippen molar-refractivity contribution in [2.45, 2.75) is 13.0 Å². The molecule has 0 aliphatic carbocycles. The summed E-state index contributed by atoms with van der Waals surface area (Å²) < 4.78 is 1.38. The predicted octanol–water partition coefficient (Wildman–Crippen LogP) is 1.18. The number of carbonyl (C=O) groups is 1. The SMILES string of the molecule is CC(C(=O)O)n1cncc1Cl. The number of nitrogens with zero attached hydrogens (tertiary/aromatic N) is 2. The lowest BCUT2D eigenvalue weighted by Gasteiger charge is -2.07. The number of carboxylic acid groups (broad SMARTS) is 1. The second kappa shape index (κ2) is 2.92. The van der Waals surface area contributed by atoms with Crippen LogP contribution in [0.25, 0.3) is 0 Å². The van der Waals surface area contributed by atoms with E-state index in [1.165, 1.54) is 24.0 Å². The number of halogens is 1. The highest BCUT2D eigenvalue weighted by Crippen LogP contribution is 2.13. The van der Waals surface area contributed by atoms with Crippen LogP contribution < -0.4 is 0 Å². The minimum absolute atomic E-state index is 0.333. The van der Waals surface area contributed by atoms with Crippen molar-refractivity contribution in [3.63, 3.8) is 0 Å². The topological polar surface area (TPSA) is 55.1 Å². The van der Waals surface area contributed by atoms with Crippen LogP contribution in [0.4, 0.5) is 0 Å². The summed E-state index contributed by atoms with van der Waals surface area (Å²) in [5.74, 6) is -0.926. The van der Waals surface area contributed by atoms with Crippen molar-refractivity contribution in [2.24, 2.45) is 0 Å². The molecule has 1 atom stereocenters. The Hall–Kier alpha value is -1.03. The fourth-order valence-electron chi connectivity index (χ4n) is 0.692. The summed E-state index contributed by atoms with van der Waals surface area (Å²) in [7, 11) is 0. The molecule has 1 heterocycles. The van der Waals surface area contributed by atoms with E-state index in [-0.39, 0.29) is 0 Å². The molecule has 0 fully saturated rings. The van der Waals surface area contributed by atoms with Crippen molar-refractivity contribution in [3.05, 3.63) is 17.7 Å². The van der Waals surface area contributed by atoms with Gasteiger partial charge in [0, 0.05) is 0 Å². The quantitative estimate of drug-likeness (QED) is 0.733. The maximum Gasteiger partial charge on any atom is 0.326 e. The summed E-state index contributed by atoms with van der Waals surface area (Å²) in [5.41, 5.74) is 0. The summed E-state index contributed by atoms with van der Waals surface area (Å²) in [6, 6.07) is -0.662. The third kappa shape index (κ3) is 1.51. The van der Waals surface area contributed by atoms with E-state index in [4.69, 9.17) is 16.7 Å². The third-order valence-electron chi connectivity index (χ3n) is 1.39. The van der Waals surface area contributed by atoms with Gasteiger partial charge in [-0.25, -0.2) is 9.78 Å². The number of imidazole rings is 1. The van der Waals surface area contributed by atoms with E-state index in [0.29, 0.717) is 5.15 Å². The first-order valence-electron chi connectivity index (χ1n) is 3.03. The Morgan fingerprint density at radius 2 is 2.55 bits per heavy atom. The Balaban J connectivity index is 2.92. The number of carboxylic acids is 1. The number of aliphatic carboxylic acids is 1. The normalized spacial score (nSPS) is 12.9. The third-order valence-corrected chi connectivity index (χ3v) is 1.69. The van der Waals surface area contributed by atoms with Crippen molar-refractivity contribution >= 4 is 17.6 Å². The summed E-state index contributed by atoms with van der Waals surface area (Å²) in [6.45, 7) is 1.54. The van der Waals surface area contributed by atoms with Crippen LogP contribution in [0, 0.1) is 0 Å². The van der Waals surface area contributed by atoms with Gasteiger partial charge in [0.15, 0.2) is 0 Å². The van der Waals surface area contributed by atoms with Crippen LogP contribution in [0.2, 0.25) is 5.15 Å². The molecule has 1 aromatic heterocycles. The summed E-state index contributed by atoms with van der Waals surface area (Å²) in [4.78, 5) is 14.1. The van der Waals surface area contributed by atoms with Crippen LogP contribution in [0.5, 0.6) is 0 Å². The highest BCUT2D eigenvalue weighted by molar-refractivity contribution is 6.29. The van der Waals surface area contributed by atoms with E-state index >= 15 is 0 Å². The highest BCUT2D eigenvalue weighted by Gasteiger charge is 2.14. The Morgan fingerprint density at radius 1 is 1.91 bits per heavy atom. The minimum atomic E-state index is -0.926. The molecular formula is C6H7ClN2O2. The van der Waals surface area contributed by atoms with Gasteiger partial charge < -0.3 is 9.67 Å². The molecule has 1 unspecified atom stereocenters. The van der Waals surface area contributed by atoms with Gasteiger partial charge in [0.05, 0.1) is 12.5 Å². The van der Waals surface area contributed by atoms with Crippen LogP contribution in [-0.4, -0.2) is 20.6 Å². The molecule has 0 saturated carbocycles. The molecule has 4 nitrogen and oxygen atoms in total. The van der Waals surface area contributed by atoms with Crippen LogP contribution in [0.1, 0.15) is 13.0 Å².